The molecule has 3 aromatic carbocycles. The van der Waals surface area contributed by atoms with Crippen molar-refractivity contribution in [2.24, 2.45) is 0 Å². The summed E-state index contributed by atoms with van der Waals surface area (Å²) < 4.78 is 2.39. The van der Waals surface area contributed by atoms with E-state index in [9.17, 15) is 14.9 Å². The van der Waals surface area contributed by atoms with Gasteiger partial charge in [-0.15, -0.1) is 0 Å². The number of aromatic nitrogens is 2. The van der Waals surface area contributed by atoms with E-state index in [0.717, 1.165) is 4.47 Å². The maximum atomic E-state index is 13.2. The van der Waals surface area contributed by atoms with Gasteiger partial charge >= 0.3 is 0 Å². The highest BCUT2D eigenvalue weighted by Gasteiger charge is 2.13. The number of halogens is 1. The molecule has 0 saturated heterocycles. The van der Waals surface area contributed by atoms with E-state index >= 15 is 0 Å². The highest BCUT2D eigenvalue weighted by Crippen LogP contribution is 2.21. The zero-order chi connectivity index (χ0) is 20.4. The Labute approximate surface area is 174 Å². The number of para-hydroxylation sites is 2. The van der Waals surface area contributed by atoms with E-state index in [0.29, 0.717) is 28.0 Å². The molecule has 0 bridgehead atoms. The predicted molar refractivity (Wildman–Crippen MR) is 117 cm³/mol. The second kappa shape index (κ2) is 7.81. The second-order valence-electron chi connectivity index (χ2n) is 6.25. The number of nitro groups is 1. The maximum Gasteiger partial charge on any atom is 0.276 e. The fourth-order valence-corrected chi connectivity index (χ4v) is 3.32. The maximum absolute atomic E-state index is 13.2. The van der Waals surface area contributed by atoms with Crippen LogP contribution in [0.5, 0.6) is 0 Å². The van der Waals surface area contributed by atoms with E-state index in [1.165, 1.54) is 10.6 Å². The normalized spacial score (nSPS) is 11.2. The summed E-state index contributed by atoms with van der Waals surface area (Å²) in [6, 6.07) is 20.8. The Morgan fingerprint density at radius 2 is 1.62 bits per heavy atom. The van der Waals surface area contributed by atoms with Gasteiger partial charge in [0.05, 0.1) is 27.1 Å². The van der Waals surface area contributed by atoms with Crippen LogP contribution in [0.3, 0.4) is 0 Å². The van der Waals surface area contributed by atoms with Crippen molar-refractivity contribution in [2.75, 3.05) is 0 Å². The summed E-state index contributed by atoms with van der Waals surface area (Å²) >= 11 is 3.40. The molecule has 142 valence electrons. The molecule has 29 heavy (non-hydrogen) atoms. The summed E-state index contributed by atoms with van der Waals surface area (Å²) in [5, 5.41) is 11.8. The Bertz CT molecular complexity index is 1310. The molecule has 0 amide bonds. The van der Waals surface area contributed by atoms with E-state index in [2.05, 4.69) is 20.9 Å². The van der Waals surface area contributed by atoms with Crippen LogP contribution in [0.2, 0.25) is 0 Å². The third kappa shape index (κ3) is 3.72. The van der Waals surface area contributed by atoms with Crippen molar-refractivity contribution in [1.82, 2.24) is 9.55 Å². The molecule has 0 saturated carbocycles. The molecule has 6 nitrogen and oxygen atoms in total. The van der Waals surface area contributed by atoms with Gasteiger partial charge < -0.3 is 0 Å². The smallest absolute Gasteiger partial charge is 0.268 e. The van der Waals surface area contributed by atoms with Gasteiger partial charge in [0.2, 0.25) is 0 Å². The van der Waals surface area contributed by atoms with Crippen LogP contribution >= 0.6 is 15.9 Å². The number of benzene rings is 3. The van der Waals surface area contributed by atoms with Crippen molar-refractivity contribution in [1.29, 1.82) is 0 Å². The molecule has 0 aliphatic heterocycles. The average Bonchev–Trinajstić information content (AvgIpc) is 2.73. The average molecular weight is 448 g/mol. The lowest BCUT2D eigenvalue weighted by molar-refractivity contribution is -0.385. The largest absolute Gasteiger partial charge is 0.276 e. The Balaban J connectivity index is 1.94. The summed E-state index contributed by atoms with van der Waals surface area (Å²) in [6.45, 7) is 0. The van der Waals surface area contributed by atoms with Crippen molar-refractivity contribution in [3.8, 4) is 5.69 Å². The highest BCUT2D eigenvalue weighted by molar-refractivity contribution is 9.10. The molecule has 0 N–H and O–H groups in total. The number of rotatable bonds is 4. The topological polar surface area (TPSA) is 78.0 Å². The first-order chi connectivity index (χ1) is 14.0. The lowest BCUT2D eigenvalue weighted by Crippen LogP contribution is -2.22. The summed E-state index contributed by atoms with van der Waals surface area (Å²) in [5.41, 5.74) is 1.43. The number of nitrogens with zero attached hydrogens (tertiary/aromatic N) is 3. The van der Waals surface area contributed by atoms with Crippen LogP contribution in [0.15, 0.2) is 82.1 Å². The highest BCUT2D eigenvalue weighted by atomic mass is 79.9. The number of nitro benzene ring substituents is 1. The first-order valence-corrected chi connectivity index (χ1v) is 9.53. The minimum atomic E-state index is -0.435. The van der Waals surface area contributed by atoms with Gasteiger partial charge in [-0.3, -0.25) is 19.5 Å². The SMILES string of the molecule is O=c1c2ccccc2nc(C=Cc2ccccc2[N+](=O)[O-])n1-c1ccc(Br)cc1. The Morgan fingerprint density at radius 1 is 0.931 bits per heavy atom. The molecule has 0 radical (unpaired) electrons. The Morgan fingerprint density at radius 3 is 2.38 bits per heavy atom. The molecule has 0 fully saturated rings. The molecule has 1 heterocycles. The van der Waals surface area contributed by atoms with Gasteiger partial charge in [0, 0.05) is 10.5 Å². The van der Waals surface area contributed by atoms with E-state index in [1.54, 1.807) is 48.6 Å². The molecule has 0 aliphatic rings. The molecule has 4 aromatic rings. The van der Waals surface area contributed by atoms with Crippen molar-refractivity contribution in [3.05, 3.63) is 109 Å². The molecule has 0 aliphatic carbocycles. The fourth-order valence-electron chi connectivity index (χ4n) is 3.06. The predicted octanol–water partition coefficient (Wildman–Crippen LogP) is 5.23. The van der Waals surface area contributed by atoms with Crippen molar-refractivity contribution < 1.29 is 4.92 Å². The minimum absolute atomic E-state index is 0.0120. The van der Waals surface area contributed by atoms with Gasteiger partial charge in [-0.2, -0.15) is 0 Å². The summed E-state index contributed by atoms with van der Waals surface area (Å²) in [7, 11) is 0. The Kier molecular flexibility index (Phi) is 5.05. The number of hydrogen-bond donors (Lipinski definition) is 0. The van der Waals surface area contributed by atoms with Gasteiger partial charge in [-0.25, -0.2) is 4.98 Å². The third-order valence-electron chi connectivity index (χ3n) is 4.43. The van der Waals surface area contributed by atoms with Crippen LogP contribution in [0, 0.1) is 10.1 Å². The molecule has 0 unspecified atom stereocenters. The monoisotopic (exact) mass is 447 g/mol. The first kappa shape index (κ1) is 18.8. The zero-order valence-electron chi connectivity index (χ0n) is 15.0. The van der Waals surface area contributed by atoms with E-state index in [1.807, 2.05) is 30.3 Å². The van der Waals surface area contributed by atoms with Crippen LogP contribution in [0.1, 0.15) is 11.4 Å². The fraction of sp³-hybridized carbons (Fsp3) is 0. The van der Waals surface area contributed by atoms with Gasteiger partial charge in [0.25, 0.3) is 11.2 Å². The molecule has 7 heteroatoms. The van der Waals surface area contributed by atoms with Crippen LogP contribution in [0.4, 0.5) is 5.69 Å². The second-order valence-corrected chi connectivity index (χ2v) is 7.17. The summed E-state index contributed by atoms with van der Waals surface area (Å²) in [5.74, 6) is 0.383. The molecule has 0 atom stereocenters. The quantitative estimate of drug-likeness (QED) is 0.317. The lowest BCUT2D eigenvalue weighted by Gasteiger charge is -2.11. The zero-order valence-corrected chi connectivity index (χ0v) is 16.6. The van der Waals surface area contributed by atoms with Crippen molar-refractivity contribution >= 4 is 44.7 Å². The van der Waals surface area contributed by atoms with Gasteiger partial charge in [0.15, 0.2) is 0 Å². The first-order valence-electron chi connectivity index (χ1n) is 8.74. The van der Waals surface area contributed by atoms with Crippen LogP contribution in [-0.4, -0.2) is 14.5 Å². The van der Waals surface area contributed by atoms with Gasteiger partial charge in [-0.05, 0) is 54.6 Å². The molecular formula is C22H14BrN3O3. The molecular weight excluding hydrogens is 434 g/mol. The van der Waals surface area contributed by atoms with Crippen LogP contribution < -0.4 is 5.56 Å². The third-order valence-corrected chi connectivity index (χ3v) is 4.96. The molecule has 0 spiro atoms. The van der Waals surface area contributed by atoms with E-state index in [-0.39, 0.29) is 11.2 Å². The van der Waals surface area contributed by atoms with Crippen molar-refractivity contribution in [3.63, 3.8) is 0 Å². The van der Waals surface area contributed by atoms with Crippen molar-refractivity contribution in [2.45, 2.75) is 0 Å². The number of hydrogen-bond acceptors (Lipinski definition) is 4. The standard InChI is InChI=1S/C22H14BrN3O3/c23-16-10-12-17(13-11-16)25-21(24-19-7-3-2-6-18(19)22(25)27)14-9-15-5-1-4-8-20(15)26(28)29/h1-14H. The van der Waals surface area contributed by atoms with Gasteiger partial charge in [0.1, 0.15) is 5.82 Å². The van der Waals surface area contributed by atoms with Crippen LogP contribution in [0.25, 0.3) is 28.7 Å². The number of fused-ring (bicyclic) bond motifs is 1. The van der Waals surface area contributed by atoms with E-state index in [4.69, 9.17) is 0 Å². The lowest BCUT2D eigenvalue weighted by atomic mass is 10.1. The van der Waals surface area contributed by atoms with Crippen LogP contribution in [-0.2, 0) is 0 Å². The minimum Gasteiger partial charge on any atom is -0.268 e. The molecule has 1 aromatic heterocycles. The van der Waals surface area contributed by atoms with Gasteiger partial charge in [-0.1, -0.05) is 40.2 Å². The van der Waals surface area contributed by atoms with E-state index < -0.39 is 4.92 Å². The summed E-state index contributed by atoms with van der Waals surface area (Å²) in [4.78, 5) is 28.7. The Hall–Kier alpha value is -3.58. The molecule has 4 rings (SSSR count). The summed E-state index contributed by atoms with van der Waals surface area (Å²) in [6.07, 6.45) is 3.22.